The van der Waals surface area contributed by atoms with E-state index in [1.807, 2.05) is 24.3 Å². The number of aliphatic hydroxyl groups excluding tert-OH is 1. The van der Waals surface area contributed by atoms with Gasteiger partial charge in [-0.15, -0.1) is 0 Å². The lowest BCUT2D eigenvalue weighted by atomic mass is 9.94. The number of aliphatic carboxylic acids is 1. The SMILES string of the molecule is O=C(N[C@@H](CO)C(=O)O)C1NCCc2ccccc21. The first kappa shape index (κ1) is 13.5. The van der Waals surface area contributed by atoms with Crippen LogP contribution >= 0.6 is 0 Å². The van der Waals surface area contributed by atoms with Crippen LogP contribution in [0.4, 0.5) is 0 Å². The van der Waals surface area contributed by atoms with Crippen LogP contribution < -0.4 is 10.6 Å². The number of carbonyl (C=O) groups is 2. The molecular weight excluding hydrogens is 248 g/mol. The van der Waals surface area contributed by atoms with Crippen LogP contribution in [0.1, 0.15) is 17.2 Å². The second-order valence-electron chi connectivity index (χ2n) is 4.42. The number of carboxylic acid groups (broad SMARTS) is 1. The van der Waals surface area contributed by atoms with E-state index in [1.54, 1.807) is 0 Å². The molecule has 0 aromatic heterocycles. The summed E-state index contributed by atoms with van der Waals surface area (Å²) in [4.78, 5) is 22.9. The minimum atomic E-state index is -1.27. The number of amides is 1. The first-order valence-corrected chi connectivity index (χ1v) is 6.08. The molecule has 1 aliphatic heterocycles. The maximum absolute atomic E-state index is 12.1. The second kappa shape index (κ2) is 5.81. The molecule has 1 aromatic carbocycles. The van der Waals surface area contributed by atoms with Gasteiger partial charge in [0.05, 0.1) is 6.61 Å². The molecule has 0 radical (unpaired) electrons. The Morgan fingerprint density at radius 2 is 2.16 bits per heavy atom. The first-order valence-electron chi connectivity index (χ1n) is 6.08. The van der Waals surface area contributed by atoms with E-state index in [-0.39, 0.29) is 0 Å². The molecule has 2 atom stereocenters. The summed E-state index contributed by atoms with van der Waals surface area (Å²) in [6, 6.07) is 5.71. The Morgan fingerprint density at radius 3 is 2.84 bits per heavy atom. The highest BCUT2D eigenvalue weighted by atomic mass is 16.4. The van der Waals surface area contributed by atoms with Crippen molar-refractivity contribution in [1.29, 1.82) is 0 Å². The van der Waals surface area contributed by atoms with Gasteiger partial charge >= 0.3 is 5.97 Å². The molecule has 1 aromatic rings. The van der Waals surface area contributed by atoms with E-state index in [0.29, 0.717) is 6.54 Å². The van der Waals surface area contributed by atoms with E-state index < -0.39 is 30.6 Å². The lowest BCUT2D eigenvalue weighted by Crippen LogP contribution is -2.49. The van der Waals surface area contributed by atoms with Gasteiger partial charge in [0.1, 0.15) is 12.1 Å². The Balaban J connectivity index is 2.15. The van der Waals surface area contributed by atoms with Crippen LogP contribution in [0.15, 0.2) is 24.3 Å². The molecule has 0 saturated carbocycles. The van der Waals surface area contributed by atoms with E-state index in [9.17, 15) is 9.59 Å². The van der Waals surface area contributed by atoms with E-state index in [4.69, 9.17) is 10.2 Å². The van der Waals surface area contributed by atoms with Crippen molar-refractivity contribution in [1.82, 2.24) is 10.6 Å². The van der Waals surface area contributed by atoms with E-state index >= 15 is 0 Å². The Bertz CT molecular complexity index is 489. The van der Waals surface area contributed by atoms with E-state index in [2.05, 4.69) is 10.6 Å². The van der Waals surface area contributed by atoms with E-state index in [0.717, 1.165) is 17.5 Å². The first-order chi connectivity index (χ1) is 9.13. The summed E-state index contributed by atoms with van der Waals surface area (Å²) in [5, 5.41) is 23.1. The van der Waals surface area contributed by atoms with Gasteiger partial charge in [-0.3, -0.25) is 4.79 Å². The molecule has 0 bridgehead atoms. The summed E-state index contributed by atoms with van der Waals surface area (Å²) in [5.74, 6) is -1.69. The fourth-order valence-corrected chi connectivity index (χ4v) is 2.18. The molecule has 6 nitrogen and oxygen atoms in total. The lowest BCUT2D eigenvalue weighted by Gasteiger charge is -2.27. The zero-order valence-electron chi connectivity index (χ0n) is 10.3. The fourth-order valence-electron chi connectivity index (χ4n) is 2.18. The Kier molecular flexibility index (Phi) is 4.13. The minimum absolute atomic E-state index is 0.436. The number of hydrogen-bond donors (Lipinski definition) is 4. The number of hydrogen-bond acceptors (Lipinski definition) is 4. The third kappa shape index (κ3) is 2.91. The van der Waals surface area contributed by atoms with Crippen molar-refractivity contribution < 1.29 is 19.8 Å². The van der Waals surface area contributed by atoms with Gasteiger partial charge in [0.2, 0.25) is 5.91 Å². The maximum Gasteiger partial charge on any atom is 0.328 e. The fraction of sp³-hybridized carbons (Fsp3) is 0.385. The molecule has 0 aliphatic carbocycles. The summed E-state index contributed by atoms with van der Waals surface area (Å²) in [7, 11) is 0. The molecular formula is C13H16N2O4. The van der Waals surface area contributed by atoms with Crippen LogP contribution in [0.2, 0.25) is 0 Å². The number of benzene rings is 1. The van der Waals surface area contributed by atoms with Crippen LogP contribution in [0.25, 0.3) is 0 Å². The van der Waals surface area contributed by atoms with Crippen molar-refractivity contribution in [3.8, 4) is 0 Å². The standard InChI is InChI=1S/C13H16N2O4/c16-7-10(13(18)19)15-12(17)11-9-4-2-1-3-8(9)5-6-14-11/h1-4,10-11,14,16H,5-7H2,(H,15,17)(H,18,19)/t10-,11?/m0/s1. The van der Waals surface area contributed by atoms with Gasteiger partial charge in [-0.05, 0) is 17.5 Å². The largest absolute Gasteiger partial charge is 0.480 e. The highest BCUT2D eigenvalue weighted by Gasteiger charge is 2.28. The number of aliphatic hydroxyl groups is 1. The Morgan fingerprint density at radius 1 is 1.42 bits per heavy atom. The van der Waals surface area contributed by atoms with Crippen molar-refractivity contribution >= 4 is 11.9 Å². The predicted octanol–water partition coefficient (Wildman–Crippen LogP) is -0.565. The molecule has 4 N–H and O–H groups in total. The molecule has 6 heteroatoms. The van der Waals surface area contributed by atoms with Gasteiger partial charge in [0.25, 0.3) is 0 Å². The van der Waals surface area contributed by atoms with Crippen LogP contribution in [0, 0.1) is 0 Å². The maximum atomic E-state index is 12.1. The van der Waals surface area contributed by atoms with Gasteiger partial charge in [-0.2, -0.15) is 0 Å². The second-order valence-corrected chi connectivity index (χ2v) is 4.42. The molecule has 1 amide bonds. The molecule has 102 valence electrons. The van der Waals surface area contributed by atoms with Crippen LogP contribution in [-0.2, 0) is 16.0 Å². The summed E-state index contributed by atoms with van der Waals surface area (Å²) in [6.45, 7) is 0.0292. The molecule has 19 heavy (non-hydrogen) atoms. The molecule has 1 unspecified atom stereocenters. The van der Waals surface area contributed by atoms with Crippen LogP contribution in [0.3, 0.4) is 0 Å². The van der Waals surface area contributed by atoms with Gasteiger partial charge in [-0.25, -0.2) is 4.79 Å². The number of rotatable bonds is 4. The Hall–Kier alpha value is -1.92. The van der Waals surface area contributed by atoms with Crippen molar-refractivity contribution in [2.75, 3.05) is 13.2 Å². The summed E-state index contributed by atoms with van der Waals surface area (Å²) in [5.41, 5.74) is 1.94. The lowest BCUT2D eigenvalue weighted by molar-refractivity contribution is -0.143. The van der Waals surface area contributed by atoms with Crippen molar-refractivity contribution in [2.24, 2.45) is 0 Å². The third-order valence-electron chi connectivity index (χ3n) is 3.17. The summed E-state index contributed by atoms with van der Waals surface area (Å²) < 4.78 is 0. The van der Waals surface area contributed by atoms with Gasteiger partial charge in [0, 0.05) is 6.54 Å². The van der Waals surface area contributed by atoms with E-state index in [1.165, 1.54) is 0 Å². The molecule has 1 aliphatic rings. The minimum Gasteiger partial charge on any atom is -0.480 e. The zero-order valence-corrected chi connectivity index (χ0v) is 10.3. The van der Waals surface area contributed by atoms with Crippen LogP contribution in [-0.4, -0.2) is 41.3 Å². The number of carboxylic acids is 1. The molecule has 0 saturated heterocycles. The zero-order chi connectivity index (χ0) is 13.8. The predicted molar refractivity (Wildman–Crippen MR) is 67.5 cm³/mol. The highest BCUT2D eigenvalue weighted by molar-refractivity contribution is 5.88. The number of nitrogens with one attached hydrogen (secondary N) is 2. The Labute approximate surface area is 110 Å². The van der Waals surface area contributed by atoms with Crippen molar-refractivity contribution in [2.45, 2.75) is 18.5 Å². The molecule has 1 heterocycles. The average Bonchev–Trinajstić information content (AvgIpc) is 2.43. The molecule has 0 spiro atoms. The van der Waals surface area contributed by atoms with Gasteiger partial charge < -0.3 is 20.8 Å². The molecule has 2 rings (SSSR count). The van der Waals surface area contributed by atoms with Crippen molar-refractivity contribution in [3.05, 3.63) is 35.4 Å². The number of fused-ring (bicyclic) bond motifs is 1. The third-order valence-corrected chi connectivity index (χ3v) is 3.17. The quantitative estimate of drug-likeness (QED) is 0.584. The highest BCUT2D eigenvalue weighted by Crippen LogP contribution is 2.22. The van der Waals surface area contributed by atoms with Gasteiger partial charge in [-0.1, -0.05) is 24.3 Å². The van der Waals surface area contributed by atoms with Crippen LogP contribution in [0.5, 0.6) is 0 Å². The summed E-state index contributed by atoms with van der Waals surface area (Å²) >= 11 is 0. The monoisotopic (exact) mass is 264 g/mol. The van der Waals surface area contributed by atoms with Crippen molar-refractivity contribution in [3.63, 3.8) is 0 Å². The number of carbonyl (C=O) groups excluding carboxylic acids is 1. The topological polar surface area (TPSA) is 98.7 Å². The smallest absolute Gasteiger partial charge is 0.328 e. The molecule has 0 fully saturated rings. The van der Waals surface area contributed by atoms with Gasteiger partial charge in [0.15, 0.2) is 0 Å². The normalized spacial score (nSPS) is 19.3. The average molecular weight is 264 g/mol. The summed E-state index contributed by atoms with van der Waals surface area (Å²) in [6.07, 6.45) is 0.836.